The third-order valence-corrected chi connectivity index (χ3v) is 4.55. The number of hydrogen-bond acceptors (Lipinski definition) is 4. The second kappa shape index (κ2) is 8.89. The van der Waals surface area contributed by atoms with Gasteiger partial charge in [0.2, 0.25) is 5.91 Å². The van der Waals surface area contributed by atoms with Crippen molar-refractivity contribution in [3.63, 3.8) is 0 Å². The lowest BCUT2D eigenvalue weighted by atomic mass is 10.1. The van der Waals surface area contributed by atoms with Crippen LogP contribution in [0.1, 0.15) is 26.7 Å². The number of ether oxygens (including phenoxy) is 1. The Hall–Kier alpha value is -1.59. The number of nitrogens with two attached hydrogens (primary N) is 1. The predicted molar refractivity (Wildman–Crippen MR) is 92.4 cm³/mol. The lowest BCUT2D eigenvalue weighted by Gasteiger charge is -2.38. The number of amides is 1. The van der Waals surface area contributed by atoms with Crippen LogP contribution in [-0.2, 0) is 4.79 Å². The maximum absolute atomic E-state index is 12.1. The standard InChI is InChI=1S/C18H29N3O2/c1-3-17(19)18(22)21-12-10-20(11-13-21)15(2)9-14-23-16-7-5-4-6-8-16/h4-8,15,17H,3,9-14,19H2,1-2H3/t15-,17-/m1/s1. The first kappa shape index (κ1) is 17.8. The monoisotopic (exact) mass is 319 g/mol. The Morgan fingerprint density at radius 3 is 2.48 bits per heavy atom. The molecule has 0 spiro atoms. The fraction of sp³-hybridized carbons (Fsp3) is 0.611. The molecular weight excluding hydrogens is 290 g/mol. The van der Waals surface area contributed by atoms with Crippen LogP contribution in [0.15, 0.2) is 30.3 Å². The van der Waals surface area contributed by atoms with E-state index in [2.05, 4.69) is 11.8 Å². The highest BCUT2D eigenvalue weighted by Gasteiger charge is 2.26. The van der Waals surface area contributed by atoms with Crippen molar-refractivity contribution in [2.24, 2.45) is 5.73 Å². The van der Waals surface area contributed by atoms with E-state index in [4.69, 9.17) is 10.5 Å². The van der Waals surface area contributed by atoms with Crippen LogP contribution in [0.5, 0.6) is 5.75 Å². The molecule has 5 heteroatoms. The largest absolute Gasteiger partial charge is 0.494 e. The molecule has 0 saturated carbocycles. The molecule has 128 valence electrons. The Morgan fingerprint density at radius 2 is 1.87 bits per heavy atom. The van der Waals surface area contributed by atoms with E-state index in [1.54, 1.807) is 0 Å². The van der Waals surface area contributed by atoms with Gasteiger partial charge < -0.3 is 15.4 Å². The van der Waals surface area contributed by atoms with Gasteiger partial charge in [0.15, 0.2) is 0 Å². The molecule has 0 aliphatic carbocycles. The minimum absolute atomic E-state index is 0.0900. The zero-order chi connectivity index (χ0) is 16.7. The topological polar surface area (TPSA) is 58.8 Å². The number of rotatable bonds is 7. The molecule has 2 atom stereocenters. The van der Waals surface area contributed by atoms with Gasteiger partial charge >= 0.3 is 0 Å². The van der Waals surface area contributed by atoms with E-state index in [1.165, 1.54) is 0 Å². The summed E-state index contributed by atoms with van der Waals surface area (Å²) in [5, 5.41) is 0. The molecule has 1 aromatic rings. The van der Waals surface area contributed by atoms with Crippen LogP contribution in [0.3, 0.4) is 0 Å². The first-order valence-electron chi connectivity index (χ1n) is 8.58. The first-order chi connectivity index (χ1) is 11.1. The van der Waals surface area contributed by atoms with E-state index in [1.807, 2.05) is 42.2 Å². The van der Waals surface area contributed by atoms with Crippen molar-refractivity contribution in [3.05, 3.63) is 30.3 Å². The maximum Gasteiger partial charge on any atom is 0.239 e. The van der Waals surface area contributed by atoms with Crippen molar-refractivity contribution in [2.45, 2.75) is 38.8 Å². The van der Waals surface area contributed by atoms with Gasteiger partial charge in [0, 0.05) is 32.2 Å². The molecule has 23 heavy (non-hydrogen) atoms. The Bertz CT molecular complexity index is 472. The van der Waals surface area contributed by atoms with Gasteiger partial charge in [0.05, 0.1) is 12.6 Å². The van der Waals surface area contributed by atoms with Gasteiger partial charge in [0.1, 0.15) is 5.75 Å². The summed E-state index contributed by atoms with van der Waals surface area (Å²) in [6, 6.07) is 10.0. The average Bonchev–Trinajstić information content (AvgIpc) is 2.61. The molecule has 1 aliphatic heterocycles. The number of carbonyl (C=O) groups is 1. The smallest absolute Gasteiger partial charge is 0.239 e. The maximum atomic E-state index is 12.1. The second-order valence-corrected chi connectivity index (χ2v) is 6.18. The van der Waals surface area contributed by atoms with E-state index < -0.39 is 0 Å². The summed E-state index contributed by atoms with van der Waals surface area (Å²) >= 11 is 0. The normalized spacial score (nSPS) is 18.5. The second-order valence-electron chi connectivity index (χ2n) is 6.18. The minimum atomic E-state index is -0.349. The molecule has 1 aromatic carbocycles. The first-order valence-corrected chi connectivity index (χ1v) is 8.58. The highest BCUT2D eigenvalue weighted by molar-refractivity contribution is 5.81. The number of benzene rings is 1. The Kier molecular flexibility index (Phi) is 6.86. The summed E-state index contributed by atoms with van der Waals surface area (Å²) in [4.78, 5) is 16.4. The molecule has 1 heterocycles. The van der Waals surface area contributed by atoms with Gasteiger partial charge in [-0.2, -0.15) is 0 Å². The average molecular weight is 319 g/mol. The van der Waals surface area contributed by atoms with Gasteiger partial charge in [0.25, 0.3) is 0 Å². The fourth-order valence-corrected chi connectivity index (χ4v) is 2.84. The molecular formula is C18H29N3O2. The summed E-state index contributed by atoms with van der Waals surface area (Å²) in [5.74, 6) is 1.01. The van der Waals surface area contributed by atoms with E-state index in [9.17, 15) is 4.79 Å². The number of nitrogens with zero attached hydrogens (tertiary/aromatic N) is 2. The SMILES string of the molecule is CC[C@@H](N)C(=O)N1CCN([C@H](C)CCOc2ccccc2)CC1. The molecule has 5 nitrogen and oxygen atoms in total. The Balaban J connectivity index is 1.69. The number of hydrogen-bond donors (Lipinski definition) is 1. The van der Waals surface area contributed by atoms with Gasteiger partial charge in [-0.1, -0.05) is 25.1 Å². The van der Waals surface area contributed by atoms with Gasteiger partial charge in [-0.3, -0.25) is 9.69 Å². The molecule has 2 N–H and O–H groups in total. The van der Waals surface area contributed by atoms with Crippen LogP contribution in [0.2, 0.25) is 0 Å². The van der Waals surface area contributed by atoms with Crippen LogP contribution in [0, 0.1) is 0 Å². The summed E-state index contributed by atoms with van der Waals surface area (Å²) in [6.07, 6.45) is 1.68. The molecule has 1 amide bonds. The Labute approximate surface area is 139 Å². The van der Waals surface area contributed by atoms with Gasteiger partial charge in [-0.05, 0) is 31.9 Å². The van der Waals surface area contributed by atoms with E-state index in [0.717, 1.165) is 38.3 Å². The van der Waals surface area contributed by atoms with Gasteiger partial charge in [-0.25, -0.2) is 0 Å². The zero-order valence-corrected chi connectivity index (χ0v) is 14.3. The van der Waals surface area contributed by atoms with Crippen LogP contribution < -0.4 is 10.5 Å². The molecule has 0 radical (unpaired) electrons. The molecule has 1 fully saturated rings. The number of para-hydroxylation sites is 1. The van der Waals surface area contributed by atoms with Crippen molar-refractivity contribution in [1.29, 1.82) is 0 Å². The van der Waals surface area contributed by atoms with Crippen molar-refractivity contribution in [3.8, 4) is 5.75 Å². The van der Waals surface area contributed by atoms with Crippen LogP contribution in [0.4, 0.5) is 0 Å². The zero-order valence-electron chi connectivity index (χ0n) is 14.3. The fourth-order valence-electron chi connectivity index (χ4n) is 2.84. The van der Waals surface area contributed by atoms with Crippen LogP contribution in [0.25, 0.3) is 0 Å². The molecule has 0 unspecified atom stereocenters. The summed E-state index contributed by atoms with van der Waals surface area (Å²) in [7, 11) is 0. The van der Waals surface area contributed by atoms with Crippen molar-refractivity contribution >= 4 is 5.91 Å². The third-order valence-electron chi connectivity index (χ3n) is 4.55. The highest BCUT2D eigenvalue weighted by Crippen LogP contribution is 2.13. The summed E-state index contributed by atoms with van der Waals surface area (Å²) < 4.78 is 5.77. The molecule has 2 rings (SSSR count). The highest BCUT2D eigenvalue weighted by atomic mass is 16.5. The van der Waals surface area contributed by atoms with Crippen molar-refractivity contribution in [1.82, 2.24) is 9.80 Å². The van der Waals surface area contributed by atoms with Gasteiger partial charge in [-0.15, -0.1) is 0 Å². The summed E-state index contributed by atoms with van der Waals surface area (Å²) in [6.45, 7) is 8.26. The molecule has 1 saturated heterocycles. The van der Waals surface area contributed by atoms with Crippen molar-refractivity contribution < 1.29 is 9.53 Å². The summed E-state index contributed by atoms with van der Waals surface area (Å²) in [5.41, 5.74) is 5.84. The molecule has 1 aliphatic rings. The minimum Gasteiger partial charge on any atom is -0.494 e. The lowest BCUT2D eigenvalue weighted by molar-refractivity contribution is -0.134. The molecule has 0 aromatic heterocycles. The number of carbonyl (C=O) groups excluding carboxylic acids is 1. The molecule has 0 bridgehead atoms. The van der Waals surface area contributed by atoms with Crippen LogP contribution in [-0.4, -0.2) is 60.6 Å². The Morgan fingerprint density at radius 1 is 1.22 bits per heavy atom. The van der Waals surface area contributed by atoms with Crippen molar-refractivity contribution in [2.75, 3.05) is 32.8 Å². The van der Waals surface area contributed by atoms with E-state index in [0.29, 0.717) is 19.1 Å². The quantitative estimate of drug-likeness (QED) is 0.831. The predicted octanol–water partition coefficient (Wildman–Crippen LogP) is 1.73. The van der Waals surface area contributed by atoms with Crippen LogP contribution >= 0.6 is 0 Å². The lowest BCUT2D eigenvalue weighted by Crippen LogP contribution is -2.54. The number of piperazine rings is 1. The van der Waals surface area contributed by atoms with E-state index >= 15 is 0 Å². The van der Waals surface area contributed by atoms with E-state index in [-0.39, 0.29) is 11.9 Å². The third kappa shape index (κ3) is 5.22.